The van der Waals surface area contributed by atoms with Crippen molar-refractivity contribution >= 4 is 18.3 Å². The molecule has 1 fully saturated rings. The Labute approximate surface area is 143 Å². The fraction of sp³-hybridized carbons (Fsp3) is 0.312. The molecule has 0 saturated carbocycles. The Hall–Kier alpha value is -3.10. The van der Waals surface area contributed by atoms with Crippen molar-refractivity contribution in [3.8, 4) is 0 Å². The quantitative estimate of drug-likeness (QED) is 0.598. The maximum absolute atomic E-state index is 13.5. The molecule has 2 N–H and O–H groups in total. The summed E-state index contributed by atoms with van der Waals surface area (Å²) >= 11 is 0. The Morgan fingerprint density at radius 2 is 2.16 bits per heavy atom. The van der Waals surface area contributed by atoms with E-state index in [1.165, 1.54) is 6.20 Å². The fourth-order valence-corrected chi connectivity index (χ4v) is 2.84. The molecule has 2 amide bonds. The maximum Gasteiger partial charge on any atom is 0.407 e. The van der Waals surface area contributed by atoms with Crippen molar-refractivity contribution in [3.05, 3.63) is 47.8 Å². The van der Waals surface area contributed by atoms with Gasteiger partial charge in [-0.25, -0.2) is 4.79 Å². The number of alkyl carbamates (subject to hydrolysis) is 1. The third kappa shape index (κ3) is 3.00. The molecule has 1 aromatic rings. The van der Waals surface area contributed by atoms with Crippen LogP contribution in [0.5, 0.6) is 0 Å². The summed E-state index contributed by atoms with van der Waals surface area (Å²) in [6, 6.07) is 8.86. The molecule has 2 atom stereocenters. The lowest BCUT2D eigenvalue weighted by molar-refractivity contribution is -0.134. The summed E-state index contributed by atoms with van der Waals surface area (Å²) in [5.41, 5.74) is 1.80. The second-order valence-electron chi connectivity index (χ2n) is 5.93. The lowest BCUT2D eigenvalue weighted by Gasteiger charge is -2.34. The number of carbonyl (C=O) groups excluding carboxylic acids is 3. The van der Waals surface area contributed by atoms with Gasteiger partial charge in [-0.15, -0.1) is 0 Å². The second kappa shape index (κ2) is 6.42. The van der Waals surface area contributed by atoms with Gasteiger partial charge < -0.3 is 10.1 Å². The molecule has 3 rings (SSSR count). The van der Waals surface area contributed by atoms with Gasteiger partial charge in [-0.1, -0.05) is 34.8 Å². The van der Waals surface area contributed by atoms with Crippen LogP contribution in [0.15, 0.2) is 42.2 Å². The van der Waals surface area contributed by atoms with E-state index in [2.05, 4.69) is 10.7 Å². The van der Waals surface area contributed by atoms with Crippen LogP contribution >= 0.6 is 0 Å². The van der Waals surface area contributed by atoms with Crippen LogP contribution in [0.25, 0.3) is 0 Å². The fourth-order valence-electron chi connectivity index (χ4n) is 2.84. The van der Waals surface area contributed by atoms with Gasteiger partial charge in [0.1, 0.15) is 23.9 Å². The van der Waals surface area contributed by atoms with Crippen LogP contribution in [-0.4, -0.2) is 47.7 Å². The number of cyclic esters (lactones) is 1. The topological polar surface area (TPSA) is 91.0 Å². The summed E-state index contributed by atoms with van der Waals surface area (Å²) in [5, 5.41) is 3.91. The van der Waals surface area contributed by atoms with Gasteiger partial charge >= 0.3 is 6.09 Å². The minimum Gasteiger partial charge on any atom is -0.443 e. The van der Waals surface area contributed by atoms with Gasteiger partial charge in [0.2, 0.25) is 0 Å². The number of nitrogens with zero attached hydrogens (tertiary/aromatic N) is 2. The molecule has 2 unspecified atom stereocenters. The first-order valence-electron chi connectivity index (χ1n) is 7.63. The van der Waals surface area contributed by atoms with Gasteiger partial charge in [0.15, 0.2) is 6.29 Å². The Bertz CT molecular complexity index is 726. The standard InChI is InChI=1S/C16H17FN4O4/c1-16(11-5-3-2-4-6-11,13-7-18-15(24)25-13)14(23)19-20-8-12(9-22)21(17)10-20/h2-6,8-9,13H,7,10H2,1H3,(H,18,24)(H,19,23). The Morgan fingerprint density at radius 1 is 1.44 bits per heavy atom. The SMILES string of the molecule is CC(C(=O)NN1C=C(C=O)N(F)C1)(c1ccccc1)C1CNC(=O)O1. The highest BCUT2D eigenvalue weighted by Gasteiger charge is 2.48. The van der Waals surface area contributed by atoms with Crippen LogP contribution < -0.4 is 10.7 Å². The first kappa shape index (κ1) is 16.7. The average molecular weight is 348 g/mol. The highest BCUT2D eigenvalue weighted by molar-refractivity contribution is 5.89. The van der Waals surface area contributed by atoms with Gasteiger partial charge in [0, 0.05) is 0 Å². The van der Waals surface area contributed by atoms with Crippen LogP contribution in [0, 0.1) is 0 Å². The normalized spacial score (nSPS) is 21.9. The molecule has 132 valence electrons. The number of carbonyl (C=O) groups is 3. The molecule has 0 spiro atoms. The minimum atomic E-state index is -1.21. The summed E-state index contributed by atoms with van der Waals surface area (Å²) < 4.78 is 18.8. The van der Waals surface area contributed by atoms with E-state index in [0.29, 0.717) is 11.8 Å². The van der Waals surface area contributed by atoms with Crippen molar-refractivity contribution < 1.29 is 23.6 Å². The number of allylic oxidation sites excluding steroid dienone is 1. The van der Waals surface area contributed by atoms with Gasteiger partial charge in [-0.2, -0.15) is 5.12 Å². The number of halogens is 1. The molecule has 0 aromatic heterocycles. The zero-order valence-corrected chi connectivity index (χ0v) is 13.4. The van der Waals surface area contributed by atoms with E-state index >= 15 is 0 Å². The zero-order chi connectivity index (χ0) is 18.0. The number of hydrazine groups is 1. The monoisotopic (exact) mass is 348 g/mol. The van der Waals surface area contributed by atoms with Gasteiger partial charge in [-0.3, -0.25) is 20.0 Å². The number of aldehydes is 1. The number of ether oxygens (including phenoxy) is 1. The van der Waals surface area contributed by atoms with E-state index in [-0.39, 0.29) is 24.0 Å². The molecular formula is C16H17FN4O4. The zero-order valence-electron chi connectivity index (χ0n) is 13.4. The number of hydrogen-bond acceptors (Lipinski definition) is 6. The molecule has 2 aliphatic rings. The van der Waals surface area contributed by atoms with Crippen molar-refractivity contribution in [1.82, 2.24) is 20.9 Å². The minimum absolute atomic E-state index is 0.169. The van der Waals surface area contributed by atoms with Crippen LogP contribution in [0.1, 0.15) is 12.5 Å². The molecular weight excluding hydrogens is 331 g/mol. The predicted molar refractivity (Wildman–Crippen MR) is 84.0 cm³/mol. The molecule has 2 aliphatic heterocycles. The summed E-state index contributed by atoms with van der Waals surface area (Å²) in [6.07, 6.45) is 0.209. The second-order valence-corrected chi connectivity index (χ2v) is 5.93. The summed E-state index contributed by atoms with van der Waals surface area (Å²) in [7, 11) is 0. The van der Waals surface area contributed by atoms with Gasteiger partial charge in [-0.05, 0) is 12.5 Å². The Kier molecular flexibility index (Phi) is 4.30. The number of benzene rings is 1. The third-order valence-electron chi connectivity index (χ3n) is 4.38. The Morgan fingerprint density at radius 3 is 2.72 bits per heavy atom. The summed E-state index contributed by atoms with van der Waals surface area (Å²) in [6.45, 7) is 1.51. The van der Waals surface area contributed by atoms with Crippen molar-refractivity contribution in [2.45, 2.75) is 18.4 Å². The number of nitrogens with one attached hydrogen (secondary N) is 2. The van der Waals surface area contributed by atoms with Crippen LogP contribution in [0.3, 0.4) is 0 Å². The molecule has 0 bridgehead atoms. The average Bonchev–Trinajstić information content (AvgIpc) is 3.20. The van der Waals surface area contributed by atoms with Gasteiger partial charge in [0.25, 0.3) is 5.91 Å². The van der Waals surface area contributed by atoms with Crippen molar-refractivity contribution in [3.63, 3.8) is 0 Å². The molecule has 0 aliphatic carbocycles. The first-order chi connectivity index (χ1) is 11.9. The van der Waals surface area contributed by atoms with Crippen LogP contribution in [0.4, 0.5) is 9.28 Å². The number of rotatable bonds is 5. The third-order valence-corrected chi connectivity index (χ3v) is 4.38. The van der Waals surface area contributed by atoms with Crippen molar-refractivity contribution in [2.75, 3.05) is 13.2 Å². The number of hydrogen-bond donors (Lipinski definition) is 2. The van der Waals surface area contributed by atoms with Crippen molar-refractivity contribution in [2.24, 2.45) is 0 Å². The molecule has 0 radical (unpaired) electrons. The van der Waals surface area contributed by atoms with E-state index < -0.39 is 23.5 Å². The van der Waals surface area contributed by atoms with Crippen LogP contribution in [-0.2, 0) is 19.7 Å². The smallest absolute Gasteiger partial charge is 0.407 e. The molecule has 25 heavy (non-hydrogen) atoms. The largest absolute Gasteiger partial charge is 0.443 e. The highest BCUT2D eigenvalue weighted by atomic mass is 19.2. The highest BCUT2D eigenvalue weighted by Crippen LogP contribution is 2.32. The van der Waals surface area contributed by atoms with Crippen LogP contribution in [0.2, 0.25) is 0 Å². The maximum atomic E-state index is 13.5. The molecule has 9 heteroatoms. The number of amides is 2. The molecule has 1 saturated heterocycles. The van der Waals surface area contributed by atoms with E-state index in [9.17, 15) is 18.9 Å². The van der Waals surface area contributed by atoms with E-state index in [1.807, 2.05) is 0 Å². The Balaban J connectivity index is 1.87. The van der Waals surface area contributed by atoms with E-state index in [0.717, 1.165) is 5.01 Å². The molecule has 1 aromatic carbocycles. The molecule has 8 nitrogen and oxygen atoms in total. The summed E-state index contributed by atoms with van der Waals surface area (Å²) in [4.78, 5) is 35.2. The molecule has 2 heterocycles. The summed E-state index contributed by atoms with van der Waals surface area (Å²) in [5.74, 6) is -0.489. The lowest BCUT2D eigenvalue weighted by Crippen LogP contribution is -2.55. The predicted octanol–water partition coefficient (Wildman–Crippen LogP) is 0.584. The first-order valence-corrected chi connectivity index (χ1v) is 7.63. The van der Waals surface area contributed by atoms with E-state index in [4.69, 9.17) is 4.74 Å². The lowest BCUT2D eigenvalue weighted by atomic mass is 9.76. The van der Waals surface area contributed by atoms with E-state index in [1.54, 1.807) is 37.3 Å². The van der Waals surface area contributed by atoms with Gasteiger partial charge in [0.05, 0.1) is 12.7 Å². The van der Waals surface area contributed by atoms with Crippen molar-refractivity contribution in [1.29, 1.82) is 0 Å².